The lowest BCUT2D eigenvalue weighted by Gasteiger charge is -2.37. The Balaban J connectivity index is 1.77. The monoisotopic (exact) mass is 652 g/mol. The van der Waals surface area contributed by atoms with Gasteiger partial charge >= 0.3 is 7.82 Å². The number of rotatable bonds is 12. The van der Waals surface area contributed by atoms with Gasteiger partial charge in [0.15, 0.2) is 5.15 Å². The highest BCUT2D eigenvalue weighted by molar-refractivity contribution is 7.48. The van der Waals surface area contributed by atoms with Gasteiger partial charge in [-0.3, -0.25) is 22.9 Å². The average molecular weight is 653 g/mol. The summed E-state index contributed by atoms with van der Waals surface area (Å²) < 4.78 is 38.0. The summed E-state index contributed by atoms with van der Waals surface area (Å²) in [7, 11) is -2.53. The van der Waals surface area contributed by atoms with Gasteiger partial charge in [-0.15, -0.1) is 10.2 Å². The zero-order valence-electron chi connectivity index (χ0n) is 25.3. The van der Waals surface area contributed by atoms with E-state index in [1.54, 1.807) is 48.7 Å². The van der Waals surface area contributed by atoms with Gasteiger partial charge in [-0.05, 0) is 54.4 Å². The lowest BCUT2D eigenvalue weighted by atomic mass is 10.0. The first kappa shape index (κ1) is 34.8. The van der Waals surface area contributed by atoms with Crippen molar-refractivity contribution in [3.05, 3.63) is 21.7 Å². The molecule has 3 heterocycles. The predicted octanol–water partition coefficient (Wildman–Crippen LogP) is 3.71. The van der Waals surface area contributed by atoms with Gasteiger partial charge in [-0.2, -0.15) is 0 Å². The lowest BCUT2D eigenvalue weighted by Crippen LogP contribution is -2.55. The van der Waals surface area contributed by atoms with Crippen LogP contribution in [0.4, 0.5) is 5.13 Å². The minimum Gasteiger partial charge on any atom is -0.393 e. The summed E-state index contributed by atoms with van der Waals surface area (Å²) in [6.07, 6.45) is -0.547. The molecule has 0 radical (unpaired) electrons. The summed E-state index contributed by atoms with van der Waals surface area (Å²) in [5.74, 6) is -0.521. The molecule has 0 spiro atoms. The molecule has 0 aliphatic carbocycles. The van der Waals surface area contributed by atoms with Gasteiger partial charge < -0.3 is 25.2 Å². The van der Waals surface area contributed by atoms with Crippen molar-refractivity contribution in [1.29, 1.82) is 0 Å². The van der Waals surface area contributed by atoms with Crippen LogP contribution < -0.4 is 10.2 Å². The molecule has 1 saturated heterocycles. The van der Waals surface area contributed by atoms with Gasteiger partial charge in [0.1, 0.15) is 17.8 Å². The van der Waals surface area contributed by atoms with Crippen molar-refractivity contribution in [2.45, 2.75) is 97.5 Å². The number of aliphatic hydroxyl groups excluding tert-OH is 2. The Morgan fingerprint density at radius 3 is 2.40 bits per heavy atom. The van der Waals surface area contributed by atoms with Crippen LogP contribution in [0.25, 0.3) is 0 Å². The van der Waals surface area contributed by atoms with Gasteiger partial charge in [-0.25, -0.2) is 9.55 Å². The van der Waals surface area contributed by atoms with Crippen LogP contribution in [0.2, 0.25) is 5.15 Å². The van der Waals surface area contributed by atoms with Crippen LogP contribution in [0.5, 0.6) is 0 Å². The van der Waals surface area contributed by atoms with Crippen molar-refractivity contribution in [1.82, 2.24) is 25.1 Å². The first-order valence-electron chi connectivity index (χ1n) is 13.6. The summed E-state index contributed by atoms with van der Waals surface area (Å²) in [6.45, 7) is 12.4. The van der Waals surface area contributed by atoms with Crippen LogP contribution in [0.3, 0.4) is 0 Å². The van der Waals surface area contributed by atoms with E-state index in [9.17, 15) is 19.6 Å². The molecular weight excluding hydrogens is 611 g/mol. The largest absolute Gasteiger partial charge is 0.477 e. The van der Waals surface area contributed by atoms with Crippen molar-refractivity contribution in [3.8, 4) is 0 Å². The predicted molar refractivity (Wildman–Crippen MR) is 158 cm³/mol. The molecule has 14 nitrogen and oxygen atoms in total. The van der Waals surface area contributed by atoms with E-state index in [1.807, 2.05) is 11.8 Å². The number of hydrogen-bond donors (Lipinski definition) is 3. The van der Waals surface area contributed by atoms with E-state index in [1.165, 1.54) is 15.9 Å². The number of aromatic nitrogens is 4. The van der Waals surface area contributed by atoms with E-state index >= 15 is 0 Å². The molecule has 238 valence electrons. The molecule has 0 bridgehead atoms. The minimum absolute atomic E-state index is 0.0149. The van der Waals surface area contributed by atoms with E-state index in [0.717, 1.165) is 0 Å². The first-order valence-corrected chi connectivity index (χ1v) is 16.3. The fourth-order valence-corrected chi connectivity index (χ4v) is 7.18. The molecule has 42 heavy (non-hydrogen) atoms. The molecule has 3 rings (SSSR count). The van der Waals surface area contributed by atoms with Crippen molar-refractivity contribution >= 4 is 41.8 Å². The molecule has 1 aliphatic heterocycles. The second-order valence-corrected chi connectivity index (χ2v) is 14.6. The maximum atomic E-state index is 13.6. The SMILES string of the molecule is CCc1c(Cl)nc(C(=O)N[C@@H]2CCN(c3nnc([C@H](O)CO)s3)C[C@@H]2OC)n1COP(=O)(OC(C)(C)C)OC(C)(C)C. The number of nitrogens with one attached hydrogen (secondary N) is 1. The molecule has 3 N–H and O–H groups in total. The molecule has 1 fully saturated rings. The number of imidazole rings is 1. The highest BCUT2D eigenvalue weighted by Gasteiger charge is 2.38. The number of nitrogens with zero attached hydrogens (tertiary/aromatic N) is 5. The molecule has 2 aromatic rings. The number of aliphatic hydroxyl groups is 2. The average Bonchev–Trinajstić information content (AvgIpc) is 3.49. The summed E-state index contributed by atoms with van der Waals surface area (Å²) in [4.78, 5) is 19.8. The number of amides is 1. The van der Waals surface area contributed by atoms with Crippen LogP contribution in [-0.2, 0) is 36.0 Å². The van der Waals surface area contributed by atoms with Gasteiger partial charge in [0, 0.05) is 20.2 Å². The van der Waals surface area contributed by atoms with E-state index in [0.29, 0.717) is 41.8 Å². The van der Waals surface area contributed by atoms with Crippen LogP contribution in [-0.4, -0.2) is 86.0 Å². The number of carbonyl (C=O) groups is 1. The van der Waals surface area contributed by atoms with Crippen molar-refractivity contribution in [2.75, 3.05) is 31.7 Å². The second-order valence-electron chi connectivity index (χ2n) is 11.8. The van der Waals surface area contributed by atoms with E-state index in [4.69, 9.17) is 29.9 Å². The molecule has 0 aromatic carbocycles. The van der Waals surface area contributed by atoms with Crippen LogP contribution in [0.15, 0.2) is 0 Å². The van der Waals surface area contributed by atoms with Gasteiger partial charge in [0.05, 0.1) is 35.6 Å². The summed E-state index contributed by atoms with van der Waals surface area (Å²) in [5.41, 5.74) is -1.14. The Morgan fingerprint density at radius 2 is 1.86 bits per heavy atom. The molecule has 2 aromatic heterocycles. The number of hydrogen-bond acceptors (Lipinski definition) is 13. The number of phosphoric acid groups is 1. The molecule has 0 saturated carbocycles. The number of anilines is 1. The molecule has 3 atom stereocenters. The van der Waals surface area contributed by atoms with Crippen LogP contribution in [0, 0.1) is 0 Å². The number of methoxy groups -OCH3 is 1. The molecule has 17 heteroatoms. The maximum absolute atomic E-state index is 13.6. The van der Waals surface area contributed by atoms with Crippen molar-refractivity contribution in [3.63, 3.8) is 0 Å². The highest BCUT2D eigenvalue weighted by atomic mass is 35.5. The Labute approximate surface area is 255 Å². The van der Waals surface area contributed by atoms with Crippen molar-refractivity contribution in [2.24, 2.45) is 0 Å². The molecule has 1 amide bonds. The summed E-state index contributed by atoms with van der Waals surface area (Å²) >= 11 is 7.59. The third-order valence-electron chi connectivity index (χ3n) is 6.01. The zero-order valence-corrected chi connectivity index (χ0v) is 27.8. The highest BCUT2D eigenvalue weighted by Crippen LogP contribution is 2.55. The topological polar surface area (TPSA) is 170 Å². The van der Waals surface area contributed by atoms with E-state index < -0.39 is 43.7 Å². The normalized spacial score (nSPS) is 19.3. The third kappa shape index (κ3) is 9.16. The number of piperidine rings is 1. The number of phosphoric ester groups is 1. The molecular formula is C25H42ClN6O8PS. The van der Waals surface area contributed by atoms with Crippen LogP contribution >= 0.6 is 30.8 Å². The Bertz CT molecular complexity index is 1240. The Kier molecular flexibility index (Phi) is 11.6. The summed E-state index contributed by atoms with van der Waals surface area (Å²) in [5, 5.41) is 31.1. The fourth-order valence-electron chi connectivity index (χ4n) is 4.27. The van der Waals surface area contributed by atoms with Crippen LogP contribution in [0.1, 0.15) is 82.3 Å². The van der Waals surface area contributed by atoms with Gasteiger partial charge in [-0.1, -0.05) is 29.9 Å². The molecule has 0 unspecified atom stereocenters. The number of ether oxygens (including phenoxy) is 1. The molecule has 1 aliphatic rings. The quantitative estimate of drug-likeness (QED) is 0.284. The Morgan fingerprint density at radius 1 is 1.21 bits per heavy atom. The van der Waals surface area contributed by atoms with Gasteiger partial charge in [0.2, 0.25) is 11.0 Å². The van der Waals surface area contributed by atoms with Gasteiger partial charge in [0.25, 0.3) is 5.91 Å². The number of halogens is 1. The van der Waals surface area contributed by atoms with E-state index in [-0.39, 0.29) is 23.8 Å². The Hall–Kier alpha value is -1.68. The third-order valence-corrected chi connectivity index (χ3v) is 9.38. The minimum atomic E-state index is -4.08. The van der Waals surface area contributed by atoms with E-state index in [2.05, 4.69) is 20.5 Å². The standard InChI is InChI=1S/C25H42ClN6O8PS/c1-9-16-19(26)28-20(32(16)14-38-41(36,39-24(2,3)4)40-25(5,6)7)21(35)27-15-10-11-31(12-18(15)37-8)23-30-29-22(42-23)17(34)13-33/h15,17-18,33-34H,9-14H2,1-8H3,(H,27,35)/t15-,17-,18+/m1/s1. The first-order chi connectivity index (χ1) is 19.5. The maximum Gasteiger partial charge on any atom is 0.477 e. The smallest absolute Gasteiger partial charge is 0.393 e. The number of carbonyl (C=O) groups excluding carboxylic acids is 1. The summed E-state index contributed by atoms with van der Waals surface area (Å²) in [6, 6.07) is -0.372. The second kappa shape index (κ2) is 14.0. The zero-order chi connectivity index (χ0) is 31.5. The fraction of sp³-hybridized carbons (Fsp3) is 0.760. The van der Waals surface area contributed by atoms with Crippen molar-refractivity contribution < 1.29 is 37.9 Å². The lowest BCUT2D eigenvalue weighted by molar-refractivity contribution is -0.00680.